The van der Waals surface area contributed by atoms with Gasteiger partial charge >= 0.3 is 0 Å². The lowest BCUT2D eigenvalue weighted by Crippen LogP contribution is -2.22. The molecule has 19 heavy (non-hydrogen) atoms. The molecule has 0 aliphatic heterocycles. The van der Waals surface area contributed by atoms with E-state index in [0.717, 1.165) is 16.5 Å². The van der Waals surface area contributed by atoms with E-state index in [0.29, 0.717) is 0 Å². The Hall–Kier alpha value is -1.37. The highest BCUT2D eigenvalue weighted by Crippen LogP contribution is 2.31. The molecule has 1 atom stereocenters. The molecule has 3 heterocycles. The summed E-state index contributed by atoms with van der Waals surface area (Å²) in [6, 6.07) is 4.43. The minimum Gasteiger partial charge on any atom is -0.390 e. The molecule has 3 rings (SSSR count). The lowest BCUT2D eigenvalue weighted by molar-refractivity contribution is 0.276. The highest BCUT2D eigenvalue weighted by Gasteiger charge is 2.21. The van der Waals surface area contributed by atoms with E-state index in [-0.39, 0.29) is 12.6 Å². The average Bonchev–Trinajstić information content (AvgIpc) is 3.12. The molecule has 0 amide bonds. The lowest BCUT2D eigenvalue weighted by Gasteiger charge is -2.24. The molecule has 0 spiro atoms. The standard InChI is InChI=1S/C13H15N3OS2/c1-9(11-4-3-6-18-11)15(2)12-10(8-17)16-5-7-19-13(16)14-12/h3-7,9,17H,8H2,1-2H3. The van der Waals surface area contributed by atoms with Crippen LogP contribution >= 0.6 is 22.7 Å². The Morgan fingerprint density at radius 2 is 2.26 bits per heavy atom. The Morgan fingerprint density at radius 1 is 1.42 bits per heavy atom. The van der Waals surface area contributed by atoms with Crippen molar-refractivity contribution >= 4 is 33.5 Å². The number of aromatic nitrogens is 2. The Kier molecular flexibility index (Phi) is 3.30. The third kappa shape index (κ3) is 2.05. The first-order valence-electron chi connectivity index (χ1n) is 6.04. The number of aliphatic hydroxyl groups excluding tert-OH is 1. The Balaban J connectivity index is 2.01. The first-order chi connectivity index (χ1) is 9.22. The number of nitrogens with zero attached hydrogens (tertiary/aromatic N) is 3. The second-order valence-corrected chi connectivity index (χ2v) is 6.25. The molecule has 0 aliphatic rings. The molecular weight excluding hydrogens is 278 g/mol. The van der Waals surface area contributed by atoms with Gasteiger partial charge in [-0.3, -0.25) is 4.40 Å². The summed E-state index contributed by atoms with van der Waals surface area (Å²) in [5.74, 6) is 0.857. The van der Waals surface area contributed by atoms with Gasteiger partial charge in [-0.2, -0.15) is 0 Å². The predicted molar refractivity (Wildman–Crippen MR) is 80.1 cm³/mol. The maximum Gasteiger partial charge on any atom is 0.195 e. The highest BCUT2D eigenvalue weighted by atomic mass is 32.1. The third-order valence-electron chi connectivity index (χ3n) is 3.36. The van der Waals surface area contributed by atoms with Gasteiger partial charge in [-0.25, -0.2) is 4.98 Å². The van der Waals surface area contributed by atoms with Crippen LogP contribution in [0.1, 0.15) is 23.5 Å². The molecule has 1 unspecified atom stereocenters. The van der Waals surface area contributed by atoms with Crippen LogP contribution in [0.15, 0.2) is 29.1 Å². The maximum absolute atomic E-state index is 9.60. The van der Waals surface area contributed by atoms with E-state index in [1.807, 2.05) is 23.0 Å². The highest BCUT2D eigenvalue weighted by molar-refractivity contribution is 7.15. The van der Waals surface area contributed by atoms with Crippen molar-refractivity contribution in [3.05, 3.63) is 39.7 Å². The van der Waals surface area contributed by atoms with Crippen molar-refractivity contribution in [3.63, 3.8) is 0 Å². The molecule has 4 nitrogen and oxygen atoms in total. The summed E-state index contributed by atoms with van der Waals surface area (Å²) in [6.45, 7) is 2.15. The van der Waals surface area contributed by atoms with Crippen LogP contribution in [0, 0.1) is 0 Å². The predicted octanol–water partition coefficient (Wildman–Crippen LogP) is 3.15. The van der Waals surface area contributed by atoms with Gasteiger partial charge in [-0.05, 0) is 18.4 Å². The molecule has 3 aromatic heterocycles. The quantitative estimate of drug-likeness (QED) is 0.803. The number of fused-ring (bicyclic) bond motifs is 1. The summed E-state index contributed by atoms with van der Waals surface area (Å²) in [4.78, 5) is 8.96. The van der Waals surface area contributed by atoms with Crippen molar-refractivity contribution < 1.29 is 5.11 Å². The summed E-state index contributed by atoms with van der Waals surface area (Å²) in [5, 5.41) is 13.7. The number of imidazole rings is 1. The molecule has 0 saturated carbocycles. The van der Waals surface area contributed by atoms with Gasteiger partial charge in [-0.1, -0.05) is 6.07 Å². The van der Waals surface area contributed by atoms with Crippen molar-refractivity contribution in [3.8, 4) is 0 Å². The van der Waals surface area contributed by atoms with Gasteiger partial charge in [0, 0.05) is 23.5 Å². The van der Waals surface area contributed by atoms with Crippen molar-refractivity contribution in [1.82, 2.24) is 9.38 Å². The Labute approximate surface area is 119 Å². The van der Waals surface area contributed by atoms with E-state index >= 15 is 0 Å². The number of anilines is 1. The van der Waals surface area contributed by atoms with Crippen molar-refractivity contribution in [1.29, 1.82) is 0 Å². The van der Waals surface area contributed by atoms with Crippen molar-refractivity contribution in [2.75, 3.05) is 11.9 Å². The molecule has 0 radical (unpaired) electrons. The minimum atomic E-state index is -0.00522. The number of aliphatic hydroxyl groups is 1. The number of hydrogen-bond acceptors (Lipinski definition) is 5. The fourth-order valence-electron chi connectivity index (χ4n) is 2.15. The molecule has 0 aromatic carbocycles. The second-order valence-electron chi connectivity index (χ2n) is 4.40. The van der Waals surface area contributed by atoms with Crippen LogP contribution in [0.3, 0.4) is 0 Å². The van der Waals surface area contributed by atoms with Gasteiger partial charge < -0.3 is 10.0 Å². The van der Waals surface area contributed by atoms with E-state index in [9.17, 15) is 5.11 Å². The molecule has 0 saturated heterocycles. The maximum atomic E-state index is 9.60. The number of thiophene rings is 1. The summed E-state index contributed by atoms with van der Waals surface area (Å²) < 4.78 is 1.96. The van der Waals surface area contributed by atoms with E-state index in [2.05, 4.69) is 34.3 Å². The van der Waals surface area contributed by atoms with E-state index in [1.54, 1.807) is 22.7 Å². The van der Waals surface area contributed by atoms with Crippen molar-refractivity contribution in [2.45, 2.75) is 19.6 Å². The molecule has 6 heteroatoms. The second kappa shape index (κ2) is 4.96. The number of rotatable bonds is 4. The van der Waals surface area contributed by atoms with Crippen LogP contribution in [0.4, 0.5) is 5.82 Å². The summed E-state index contributed by atoms with van der Waals surface area (Å²) in [7, 11) is 2.02. The zero-order valence-corrected chi connectivity index (χ0v) is 12.4. The average molecular weight is 293 g/mol. The van der Waals surface area contributed by atoms with Gasteiger partial charge in [0.25, 0.3) is 0 Å². The fourth-order valence-corrected chi connectivity index (χ4v) is 3.71. The molecular formula is C13H15N3OS2. The van der Waals surface area contributed by atoms with Crippen LogP contribution in [-0.2, 0) is 6.61 Å². The molecule has 0 aliphatic carbocycles. The van der Waals surface area contributed by atoms with Gasteiger partial charge in [0.2, 0.25) is 0 Å². The van der Waals surface area contributed by atoms with Crippen LogP contribution in [-0.4, -0.2) is 21.5 Å². The van der Waals surface area contributed by atoms with Gasteiger partial charge in [0.15, 0.2) is 10.8 Å². The normalized spacial score (nSPS) is 13.0. The zero-order chi connectivity index (χ0) is 13.4. The lowest BCUT2D eigenvalue weighted by atomic mass is 10.2. The SMILES string of the molecule is CC(c1cccs1)N(C)c1nc2sccn2c1CO. The van der Waals surface area contributed by atoms with Crippen LogP contribution < -0.4 is 4.90 Å². The largest absolute Gasteiger partial charge is 0.390 e. The topological polar surface area (TPSA) is 40.8 Å². The van der Waals surface area contributed by atoms with Crippen molar-refractivity contribution in [2.24, 2.45) is 0 Å². The van der Waals surface area contributed by atoms with E-state index < -0.39 is 0 Å². The number of hydrogen-bond donors (Lipinski definition) is 1. The molecule has 100 valence electrons. The van der Waals surface area contributed by atoms with Crippen LogP contribution in [0.25, 0.3) is 4.96 Å². The molecule has 0 bridgehead atoms. The summed E-state index contributed by atoms with van der Waals surface area (Å²) in [5.41, 5.74) is 0.849. The van der Waals surface area contributed by atoms with Crippen LogP contribution in [0.2, 0.25) is 0 Å². The van der Waals surface area contributed by atoms with Gasteiger partial charge in [0.1, 0.15) is 0 Å². The van der Waals surface area contributed by atoms with Crippen LogP contribution in [0.5, 0.6) is 0 Å². The molecule has 3 aromatic rings. The van der Waals surface area contributed by atoms with E-state index in [1.165, 1.54) is 4.88 Å². The monoisotopic (exact) mass is 293 g/mol. The summed E-state index contributed by atoms with van der Waals surface area (Å²) in [6.07, 6.45) is 1.95. The fraction of sp³-hybridized carbons (Fsp3) is 0.308. The Bertz CT molecular complexity index is 671. The molecule has 0 fully saturated rings. The third-order valence-corrected chi connectivity index (χ3v) is 5.16. The number of thiazole rings is 1. The summed E-state index contributed by atoms with van der Waals surface area (Å²) >= 11 is 3.32. The van der Waals surface area contributed by atoms with Gasteiger partial charge in [0.05, 0.1) is 18.3 Å². The molecule has 1 N–H and O–H groups in total. The first-order valence-corrected chi connectivity index (χ1v) is 7.80. The van der Waals surface area contributed by atoms with Gasteiger partial charge in [-0.15, -0.1) is 22.7 Å². The smallest absolute Gasteiger partial charge is 0.195 e. The minimum absolute atomic E-state index is 0.00522. The first kappa shape index (κ1) is 12.7. The zero-order valence-electron chi connectivity index (χ0n) is 10.8. The Morgan fingerprint density at radius 3 is 2.95 bits per heavy atom. The van der Waals surface area contributed by atoms with E-state index in [4.69, 9.17) is 0 Å².